The van der Waals surface area contributed by atoms with Crippen molar-refractivity contribution in [1.29, 1.82) is 0 Å². The monoisotopic (exact) mass is 290 g/mol. The highest BCUT2D eigenvalue weighted by atomic mass is 79.9. The van der Waals surface area contributed by atoms with Gasteiger partial charge in [0, 0.05) is 4.47 Å². The number of hydrogen-bond donors (Lipinski definition) is 2. The smallest absolute Gasteiger partial charge is 0.0647 e. The molecular weight excluding hydrogens is 276 g/mol. The first kappa shape index (κ1) is 12.0. The molecule has 0 aliphatic heterocycles. The fraction of sp³-hybridized carbons (Fsp3) is 0.143. The predicted molar refractivity (Wildman–Crippen MR) is 77.8 cm³/mol. The number of anilines is 3. The van der Waals surface area contributed by atoms with E-state index in [4.69, 9.17) is 5.73 Å². The van der Waals surface area contributed by atoms with Crippen LogP contribution < -0.4 is 11.1 Å². The first-order valence-electron chi connectivity index (χ1n) is 5.46. The molecular formula is C14H15BrN2. The summed E-state index contributed by atoms with van der Waals surface area (Å²) in [5.74, 6) is 0. The van der Waals surface area contributed by atoms with Crippen molar-refractivity contribution in [3.8, 4) is 0 Å². The second kappa shape index (κ2) is 4.80. The highest BCUT2D eigenvalue weighted by Crippen LogP contribution is 2.31. The summed E-state index contributed by atoms with van der Waals surface area (Å²) in [7, 11) is 0. The number of nitrogens with two attached hydrogens (primary N) is 1. The van der Waals surface area contributed by atoms with Gasteiger partial charge in [0.25, 0.3) is 0 Å². The Morgan fingerprint density at radius 2 is 1.88 bits per heavy atom. The van der Waals surface area contributed by atoms with Crippen molar-refractivity contribution >= 4 is 33.0 Å². The van der Waals surface area contributed by atoms with Crippen LogP contribution in [-0.2, 0) is 0 Å². The van der Waals surface area contributed by atoms with Gasteiger partial charge >= 0.3 is 0 Å². The van der Waals surface area contributed by atoms with Gasteiger partial charge in [-0.15, -0.1) is 0 Å². The summed E-state index contributed by atoms with van der Waals surface area (Å²) in [5, 5.41) is 3.36. The molecule has 0 saturated heterocycles. The zero-order valence-electron chi connectivity index (χ0n) is 9.92. The molecule has 3 N–H and O–H groups in total. The molecule has 0 saturated carbocycles. The number of para-hydroxylation sites is 1. The maximum Gasteiger partial charge on any atom is 0.0647 e. The number of rotatable bonds is 2. The van der Waals surface area contributed by atoms with Crippen molar-refractivity contribution in [3.05, 3.63) is 52.0 Å². The van der Waals surface area contributed by atoms with Gasteiger partial charge in [-0.1, -0.05) is 18.2 Å². The van der Waals surface area contributed by atoms with E-state index < -0.39 is 0 Å². The molecule has 0 aliphatic rings. The topological polar surface area (TPSA) is 38.0 Å². The van der Waals surface area contributed by atoms with Crippen LogP contribution in [0.3, 0.4) is 0 Å². The maximum atomic E-state index is 5.97. The van der Waals surface area contributed by atoms with E-state index >= 15 is 0 Å². The molecule has 0 unspecified atom stereocenters. The largest absolute Gasteiger partial charge is 0.397 e. The van der Waals surface area contributed by atoms with Crippen LogP contribution >= 0.6 is 15.9 Å². The van der Waals surface area contributed by atoms with E-state index in [0.717, 1.165) is 27.1 Å². The minimum Gasteiger partial charge on any atom is -0.397 e. The van der Waals surface area contributed by atoms with E-state index in [1.54, 1.807) is 0 Å². The first-order chi connectivity index (χ1) is 8.08. The number of nitrogens with one attached hydrogen (secondary N) is 1. The van der Waals surface area contributed by atoms with Gasteiger partial charge < -0.3 is 11.1 Å². The van der Waals surface area contributed by atoms with Crippen molar-refractivity contribution < 1.29 is 0 Å². The second-order valence-corrected chi connectivity index (χ2v) is 5.00. The lowest BCUT2D eigenvalue weighted by molar-refractivity contribution is 1.40. The Hall–Kier alpha value is -1.48. The van der Waals surface area contributed by atoms with Gasteiger partial charge in [0.2, 0.25) is 0 Å². The van der Waals surface area contributed by atoms with Gasteiger partial charge in [0.1, 0.15) is 0 Å². The van der Waals surface area contributed by atoms with Crippen LogP contribution in [-0.4, -0.2) is 0 Å². The number of benzene rings is 2. The van der Waals surface area contributed by atoms with Crippen LogP contribution in [0, 0.1) is 13.8 Å². The van der Waals surface area contributed by atoms with Crippen LogP contribution in [0.4, 0.5) is 17.1 Å². The summed E-state index contributed by atoms with van der Waals surface area (Å²) in [5.41, 5.74) is 11.1. The average Bonchev–Trinajstić information content (AvgIpc) is 2.26. The summed E-state index contributed by atoms with van der Waals surface area (Å²) in [6, 6.07) is 12.1. The average molecular weight is 291 g/mol. The molecule has 2 aromatic carbocycles. The zero-order chi connectivity index (χ0) is 12.4. The number of nitrogen functional groups attached to an aromatic ring is 1. The minimum absolute atomic E-state index is 0.762. The van der Waals surface area contributed by atoms with E-state index in [1.807, 2.05) is 31.2 Å². The molecule has 0 fully saturated rings. The maximum absolute atomic E-state index is 5.97. The first-order valence-corrected chi connectivity index (χ1v) is 6.25. The molecule has 3 heteroatoms. The Balaban J connectivity index is 2.38. The summed E-state index contributed by atoms with van der Waals surface area (Å²) >= 11 is 3.55. The van der Waals surface area contributed by atoms with E-state index in [1.165, 1.54) is 5.56 Å². The standard InChI is InChI=1S/C14H15BrN2/c1-9-6-7-13(11(15)8-9)17-14-10(2)4-3-5-12(14)16/h3-8,17H,16H2,1-2H3. The molecule has 88 valence electrons. The lowest BCUT2D eigenvalue weighted by Crippen LogP contribution is -1.99. The SMILES string of the molecule is Cc1ccc(Nc2c(C)cccc2N)c(Br)c1. The summed E-state index contributed by atoms with van der Waals surface area (Å²) < 4.78 is 1.04. The number of hydrogen-bond acceptors (Lipinski definition) is 2. The van der Waals surface area contributed by atoms with Gasteiger partial charge in [-0.05, 0) is 59.1 Å². The number of aryl methyl sites for hydroxylation is 2. The third kappa shape index (κ3) is 2.61. The second-order valence-electron chi connectivity index (χ2n) is 4.15. The van der Waals surface area contributed by atoms with E-state index in [-0.39, 0.29) is 0 Å². The summed E-state index contributed by atoms with van der Waals surface area (Å²) in [6.07, 6.45) is 0. The van der Waals surface area contributed by atoms with Crippen LogP contribution in [0.1, 0.15) is 11.1 Å². The lowest BCUT2D eigenvalue weighted by Gasteiger charge is -2.13. The number of halogens is 1. The highest BCUT2D eigenvalue weighted by Gasteiger charge is 2.05. The molecule has 0 heterocycles. The quantitative estimate of drug-likeness (QED) is 0.805. The fourth-order valence-electron chi connectivity index (χ4n) is 1.72. The molecule has 0 amide bonds. The van der Waals surface area contributed by atoms with Crippen LogP contribution in [0.25, 0.3) is 0 Å². The van der Waals surface area contributed by atoms with E-state index in [0.29, 0.717) is 0 Å². The Bertz CT molecular complexity index is 530. The fourth-order valence-corrected chi connectivity index (χ4v) is 2.31. The summed E-state index contributed by atoms with van der Waals surface area (Å²) in [6.45, 7) is 4.11. The molecule has 0 atom stereocenters. The van der Waals surface area contributed by atoms with Crippen molar-refractivity contribution in [2.24, 2.45) is 0 Å². The van der Waals surface area contributed by atoms with Gasteiger partial charge in [-0.25, -0.2) is 0 Å². The van der Waals surface area contributed by atoms with Crippen molar-refractivity contribution in [2.45, 2.75) is 13.8 Å². The molecule has 2 nitrogen and oxygen atoms in total. The van der Waals surface area contributed by atoms with Crippen LogP contribution in [0.15, 0.2) is 40.9 Å². The predicted octanol–water partition coefficient (Wildman–Crippen LogP) is 4.39. The van der Waals surface area contributed by atoms with Crippen molar-refractivity contribution in [3.63, 3.8) is 0 Å². The Morgan fingerprint density at radius 1 is 1.12 bits per heavy atom. The van der Waals surface area contributed by atoms with Gasteiger partial charge in [-0.3, -0.25) is 0 Å². The van der Waals surface area contributed by atoms with Crippen LogP contribution in [0.5, 0.6) is 0 Å². The molecule has 0 spiro atoms. The molecule has 0 radical (unpaired) electrons. The molecule has 0 aliphatic carbocycles. The highest BCUT2D eigenvalue weighted by molar-refractivity contribution is 9.10. The Kier molecular flexibility index (Phi) is 3.38. The zero-order valence-corrected chi connectivity index (χ0v) is 11.5. The molecule has 2 rings (SSSR count). The Morgan fingerprint density at radius 3 is 2.53 bits per heavy atom. The molecule has 0 aromatic heterocycles. The third-order valence-electron chi connectivity index (χ3n) is 2.69. The Labute approximate surface area is 110 Å². The van der Waals surface area contributed by atoms with E-state index in [2.05, 4.69) is 40.3 Å². The normalized spacial score (nSPS) is 10.3. The van der Waals surface area contributed by atoms with Gasteiger partial charge in [-0.2, -0.15) is 0 Å². The van der Waals surface area contributed by atoms with Gasteiger partial charge in [0.05, 0.1) is 17.1 Å². The minimum atomic E-state index is 0.762. The molecule has 0 bridgehead atoms. The molecule has 17 heavy (non-hydrogen) atoms. The lowest BCUT2D eigenvalue weighted by atomic mass is 10.1. The molecule has 2 aromatic rings. The van der Waals surface area contributed by atoms with Crippen molar-refractivity contribution in [2.75, 3.05) is 11.1 Å². The van der Waals surface area contributed by atoms with Crippen LogP contribution in [0.2, 0.25) is 0 Å². The third-order valence-corrected chi connectivity index (χ3v) is 3.35. The van der Waals surface area contributed by atoms with E-state index in [9.17, 15) is 0 Å². The van der Waals surface area contributed by atoms with Gasteiger partial charge in [0.15, 0.2) is 0 Å². The van der Waals surface area contributed by atoms with Crippen molar-refractivity contribution in [1.82, 2.24) is 0 Å². The summed E-state index contributed by atoms with van der Waals surface area (Å²) in [4.78, 5) is 0.